The number of para-hydroxylation sites is 1. The van der Waals surface area contributed by atoms with E-state index >= 15 is 0 Å². The molecule has 1 aromatic rings. The Balaban J connectivity index is 1.59. The number of ether oxygens (including phenoxy) is 2. The second kappa shape index (κ2) is 6.27. The number of hydrogen-bond acceptors (Lipinski definition) is 4. The van der Waals surface area contributed by atoms with Gasteiger partial charge in [0.2, 0.25) is 0 Å². The number of Topliss-reactive ketones (excluding diaryl/α,β-unsaturated/α-hetero) is 1. The van der Waals surface area contributed by atoms with Gasteiger partial charge in [0.05, 0.1) is 17.4 Å². The third kappa shape index (κ3) is 2.96. The van der Waals surface area contributed by atoms with Crippen molar-refractivity contribution < 1.29 is 14.3 Å². The van der Waals surface area contributed by atoms with Crippen molar-refractivity contribution in [2.45, 2.75) is 38.2 Å². The fourth-order valence-electron chi connectivity index (χ4n) is 2.89. The van der Waals surface area contributed by atoms with E-state index in [9.17, 15) is 4.79 Å². The van der Waals surface area contributed by atoms with Gasteiger partial charge in [-0.05, 0) is 37.8 Å². The van der Waals surface area contributed by atoms with Gasteiger partial charge in [0.25, 0.3) is 0 Å². The van der Waals surface area contributed by atoms with Gasteiger partial charge >= 0.3 is 0 Å². The van der Waals surface area contributed by atoms with Crippen molar-refractivity contribution in [3.05, 3.63) is 23.8 Å². The predicted octanol–water partition coefficient (Wildman–Crippen LogP) is 3.02. The van der Waals surface area contributed by atoms with E-state index in [1.807, 2.05) is 18.2 Å². The van der Waals surface area contributed by atoms with E-state index in [0.29, 0.717) is 24.7 Å². The second-order valence-electron chi connectivity index (χ2n) is 5.41. The molecule has 108 valence electrons. The van der Waals surface area contributed by atoms with Crippen LogP contribution in [-0.4, -0.2) is 31.6 Å². The third-order valence-corrected chi connectivity index (χ3v) is 3.93. The van der Waals surface area contributed by atoms with Gasteiger partial charge in [-0.25, -0.2) is 0 Å². The Morgan fingerprint density at radius 2 is 2.30 bits per heavy atom. The minimum absolute atomic E-state index is 0.170. The van der Waals surface area contributed by atoms with Gasteiger partial charge in [-0.1, -0.05) is 6.07 Å². The summed E-state index contributed by atoms with van der Waals surface area (Å²) in [5, 5.41) is 3.26. The zero-order chi connectivity index (χ0) is 13.8. The molecular formula is C16H21NO3. The van der Waals surface area contributed by atoms with Gasteiger partial charge in [0, 0.05) is 19.6 Å². The van der Waals surface area contributed by atoms with Crippen LogP contribution >= 0.6 is 0 Å². The maximum absolute atomic E-state index is 12.3. The SMILES string of the molecule is O=C(CCCC1CCCO1)c1cccc2c1OCCN2. The Labute approximate surface area is 119 Å². The van der Waals surface area contributed by atoms with Crippen LogP contribution in [0.5, 0.6) is 5.75 Å². The number of carbonyl (C=O) groups is 1. The monoisotopic (exact) mass is 275 g/mol. The molecule has 0 aromatic heterocycles. The fraction of sp³-hybridized carbons (Fsp3) is 0.562. The summed E-state index contributed by atoms with van der Waals surface area (Å²) >= 11 is 0. The molecule has 0 spiro atoms. The van der Waals surface area contributed by atoms with Crippen LogP contribution in [0.25, 0.3) is 0 Å². The van der Waals surface area contributed by atoms with E-state index in [1.165, 1.54) is 0 Å². The van der Waals surface area contributed by atoms with E-state index in [2.05, 4.69) is 5.32 Å². The van der Waals surface area contributed by atoms with Crippen LogP contribution in [0.1, 0.15) is 42.5 Å². The molecule has 1 unspecified atom stereocenters. The first-order valence-electron chi connectivity index (χ1n) is 7.49. The smallest absolute Gasteiger partial charge is 0.166 e. The highest BCUT2D eigenvalue weighted by molar-refractivity contribution is 6.00. The number of hydrogen-bond donors (Lipinski definition) is 1. The van der Waals surface area contributed by atoms with Gasteiger partial charge in [-0.3, -0.25) is 4.79 Å². The summed E-state index contributed by atoms with van der Waals surface area (Å²) in [6.07, 6.45) is 5.11. The van der Waals surface area contributed by atoms with Crippen molar-refractivity contribution in [1.82, 2.24) is 0 Å². The molecular weight excluding hydrogens is 254 g/mol. The zero-order valence-corrected chi connectivity index (χ0v) is 11.7. The van der Waals surface area contributed by atoms with E-state index < -0.39 is 0 Å². The van der Waals surface area contributed by atoms with Crippen molar-refractivity contribution in [1.29, 1.82) is 0 Å². The molecule has 1 aromatic carbocycles. The van der Waals surface area contributed by atoms with Crippen LogP contribution < -0.4 is 10.1 Å². The number of anilines is 1. The summed E-state index contributed by atoms with van der Waals surface area (Å²) in [5.74, 6) is 0.893. The first-order valence-corrected chi connectivity index (χ1v) is 7.49. The Kier molecular flexibility index (Phi) is 4.21. The molecule has 0 bridgehead atoms. The molecule has 0 amide bonds. The summed E-state index contributed by atoms with van der Waals surface area (Å²) in [7, 11) is 0. The number of ketones is 1. The molecule has 4 nitrogen and oxygen atoms in total. The standard InChI is InChI=1S/C16H21NO3/c18-15(8-1-4-12-5-3-10-19-12)13-6-2-7-14-16(13)20-11-9-17-14/h2,6-7,12,17H,1,3-5,8-11H2. The minimum atomic E-state index is 0.170. The quantitative estimate of drug-likeness (QED) is 0.839. The lowest BCUT2D eigenvalue weighted by Gasteiger charge is -2.21. The van der Waals surface area contributed by atoms with E-state index in [-0.39, 0.29) is 5.78 Å². The zero-order valence-electron chi connectivity index (χ0n) is 11.7. The largest absolute Gasteiger partial charge is 0.489 e. The first kappa shape index (κ1) is 13.4. The maximum Gasteiger partial charge on any atom is 0.166 e. The summed E-state index contributed by atoms with van der Waals surface area (Å²) in [5.41, 5.74) is 1.64. The lowest BCUT2D eigenvalue weighted by molar-refractivity contribution is 0.0920. The van der Waals surface area contributed by atoms with Gasteiger partial charge in [-0.2, -0.15) is 0 Å². The van der Waals surface area contributed by atoms with E-state index in [4.69, 9.17) is 9.47 Å². The van der Waals surface area contributed by atoms with E-state index in [0.717, 1.165) is 50.3 Å². The number of rotatable bonds is 5. The minimum Gasteiger partial charge on any atom is -0.489 e. The highest BCUT2D eigenvalue weighted by Crippen LogP contribution is 2.32. The van der Waals surface area contributed by atoms with Gasteiger partial charge < -0.3 is 14.8 Å². The van der Waals surface area contributed by atoms with Crippen molar-refractivity contribution in [3.8, 4) is 5.75 Å². The summed E-state index contributed by atoms with van der Waals surface area (Å²) in [6.45, 7) is 2.29. The lowest BCUT2D eigenvalue weighted by atomic mass is 10.0. The van der Waals surface area contributed by atoms with Crippen molar-refractivity contribution in [2.75, 3.05) is 25.1 Å². The fourth-order valence-corrected chi connectivity index (χ4v) is 2.89. The average Bonchev–Trinajstić information content (AvgIpc) is 3.00. The Bertz CT molecular complexity index is 481. The molecule has 1 fully saturated rings. The topological polar surface area (TPSA) is 47.6 Å². The predicted molar refractivity (Wildman–Crippen MR) is 77.6 cm³/mol. The Morgan fingerprint density at radius 1 is 1.35 bits per heavy atom. The third-order valence-electron chi connectivity index (χ3n) is 3.93. The van der Waals surface area contributed by atoms with Gasteiger partial charge in [-0.15, -0.1) is 0 Å². The lowest BCUT2D eigenvalue weighted by Crippen LogP contribution is -2.20. The molecule has 0 aliphatic carbocycles. The second-order valence-corrected chi connectivity index (χ2v) is 5.41. The Hall–Kier alpha value is -1.55. The van der Waals surface area contributed by atoms with Crippen LogP contribution in [-0.2, 0) is 4.74 Å². The average molecular weight is 275 g/mol. The van der Waals surface area contributed by atoms with Crippen LogP contribution in [0.2, 0.25) is 0 Å². The van der Waals surface area contributed by atoms with Gasteiger partial charge in [0.15, 0.2) is 11.5 Å². The molecule has 1 saturated heterocycles. The molecule has 1 atom stereocenters. The molecule has 20 heavy (non-hydrogen) atoms. The normalized spacial score (nSPS) is 20.9. The molecule has 0 saturated carbocycles. The molecule has 2 heterocycles. The highest BCUT2D eigenvalue weighted by atomic mass is 16.5. The summed E-state index contributed by atoms with van der Waals surface area (Å²) in [4.78, 5) is 12.3. The van der Waals surface area contributed by atoms with Crippen LogP contribution in [0, 0.1) is 0 Å². The molecule has 0 radical (unpaired) electrons. The molecule has 2 aliphatic rings. The molecule has 2 aliphatic heterocycles. The molecule has 3 rings (SSSR count). The van der Waals surface area contributed by atoms with Crippen LogP contribution in [0.4, 0.5) is 5.69 Å². The molecule has 4 heteroatoms. The van der Waals surface area contributed by atoms with Crippen molar-refractivity contribution in [3.63, 3.8) is 0 Å². The summed E-state index contributed by atoms with van der Waals surface area (Å²) in [6, 6.07) is 5.73. The summed E-state index contributed by atoms with van der Waals surface area (Å²) < 4.78 is 11.2. The number of nitrogens with one attached hydrogen (secondary N) is 1. The van der Waals surface area contributed by atoms with Crippen LogP contribution in [0.3, 0.4) is 0 Å². The maximum atomic E-state index is 12.3. The molecule has 1 N–H and O–H groups in total. The number of carbonyl (C=O) groups excluding carboxylic acids is 1. The first-order chi connectivity index (χ1) is 9.84. The van der Waals surface area contributed by atoms with E-state index in [1.54, 1.807) is 0 Å². The van der Waals surface area contributed by atoms with Crippen molar-refractivity contribution >= 4 is 11.5 Å². The van der Waals surface area contributed by atoms with Gasteiger partial charge in [0.1, 0.15) is 6.61 Å². The Morgan fingerprint density at radius 3 is 3.15 bits per heavy atom. The van der Waals surface area contributed by atoms with Crippen LogP contribution in [0.15, 0.2) is 18.2 Å². The number of fused-ring (bicyclic) bond motifs is 1. The highest BCUT2D eigenvalue weighted by Gasteiger charge is 2.20. The van der Waals surface area contributed by atoms with Crippen molar-refractivity contribution in [2.24, 2.45) is 0 Å². The number of benzene rings is 1.